The predicted octanol–water partition coefficient (Wildman–Crippen LogP) is 17.0. The van der Waals surface area contributed by atoms with Crippen molar-refractivity contribution in [3.63, 3.8) is 0 Å². The SMILES string of the molecule is CC1(C)c2ccccc2-c2c(-c3ccccc3N(c3ccccc3-c3ccccc3-c3ccccc3-c3ccccc3)c3ccccc3-c3cccc4ccccc34)cccc21. The Labute approximate surface area is 364 Å². The second-order valence-electron chi connectivity index (χ2n) is 16.8. The molecule has 0 heterocycles. The highest BCUT2D eigenvalue weighted by Gasteiger charge is 2.37. The predicted molar refractivity (Wildman–Crippen MR) is 263 cm³/mol. The van der Waals surface area contributed by atoms with Crippen molar-refractivity contribution in [2.24, 2.45) is 0 Å². The van der Waals surface area contributed by atoms with Gasteiger partial charge in [0, 0.05) is 22.1 Å². The summed E-state index contributed by atoms with van der Waals surface area (Å²) in [5, 5.41) is 2.45. The summed E-state index contributed by atoms with van der Waals surface area (Å²) in [6, 6.07) is 86.7. The van der Waals surface area contributed by atoms with Crippen LogP contribution in [0.25, 0.3) is 77.5 Å². The third-order valence-corrected chi connectivity index (χ3v) is 12.9. The molecule has 0 atom stereocenters. The van der Waals surface area contributed by atoms with Crippen LogP contribution in [-0.2, 0) is 5.41 Å². The van der Waals surface area contributed by atoms with Crippen LogP contribution in [0.3, 0.4) is 0 Å². The fourth-order valence-corrected chi connectivity index (χ4v) is 10.1. The summed E-state index contributed by atoms with van der Waals surface area (Å²) in [5.41, 5.74) is 20.5. The smallest absolute Gasteiger partial charge is 0.0540 e. The molecule has 0 spiro atoms. The first-order chi connectivity index (χ1) is 30.6. The molecule has 0 fully saturated rings. The topological polar surface area (TPSA) is 3.24 Å². The van der Waals surface area contributed by atoms with Crippen LogP contribution >= 0.6 is 0 Å². The summed E-state index contributed by atoms with van der Waals surface area (Å²) in [7, 11) is 0. The molecule has 0 amide bonds. The Morgan fingerprint density at radius 3 is 1.32 bits per heavy atom. The van der Waals surface area contributed by atoms with E-state index in [-0.39, 0.29) is 5.41 Å². The molecule has 0 bridgehead atoms. The molecule has 1 heteroatoms. The van der Waals surface area contributed by atoms with Crippen LogP contribution in [0.5, 0.6) is 0 Å². The lowest BCUT2D eigenvalue weighted by Gasteiger charge is -2.32. The van der Waals surface area contributed by atoms with Crippen molar-refractivity contribution < 1.29 is 0 Å². The molecule has 0 unspecified atom stereocenters. The van der Waals surface area contributed by atoms with Crippen molar-refractivity contribution in [3.8, 4) is 66.8 Å². The van der Waals surface area contributed by atoms with Crippen LogP contribution in [0.2, 0.25) is 0 Å². The molecule has 0 aromatic heterocycles. The van der Waals surface area contributed by atoms with Gasteiger partial charge in [-0.15, -0.1) is 0 Å². The molecule has 62 heavy (non-hydrogen) atoms. The lowest BCUT2D eigenvalue weighted by molar-refractivity contribution is 0.660. The highest BCUT2D eigenvalue weighted by molar-refractivity contribution is 6.06. The lowest BCUT2D eigenvalue weighted by Crippen LogP contribution is -2.15. The van der Waals surface area contributed by atoms with Crippen LogP contribution in [0.1, 0.15) is 25.0 Å². The number of hydrogen-bond acceptors (Lipinski definition) is 1. The zero-order valence-electron chi connectivity index (χ0n) is 35.0. The average Bonchev–Trinajstić information content (AvgIpc) is 3.58. The second-order valence-corrected chi connectivity index (χ2v) is 16.8. The van der Waals surface area contributed by atoms with Gasteiger partial charge in [-0.05, 0) is 90.2 Å². The van der Waals surface area contributed by atoms with Gasteiger partial charge in [-0.1, -0.05) is 232 Å². The maximum atomic E-state index is 2.53. The van der Waals surface area contributed by atoms with Crippen LogP contribution in [0, 0.1) is 0 Å². The summed E-state index contributed by atoms with van der Waals surface area (Å²) in [6.07, 6.45) is 0. The van der Waals surface area contributed by atoms with Crippen molar-refractivity contribution in [3.05, 3.63) is 248 Å². The lowest BCUT2D eigenvalue weighted by atomic mass is 9.82. The molecule has 11 rings (SSSR count). The molecular weight excluding hydrogens is 747 g/mol. The van der Waals surface area contributed by atoms with E-state index in [0.29, 0.717) is 0 Å². The van der Waals surface area contributed by atoms with Crippen LogP contribution in [0.15, 0.2) is 237 Å². The molecule has 294 valence electrons. The van der Waals surface area contributed by atoms with Gasteiger partial charge in [0.1, 0.15) is 0 Å². The van der Waals surface area contributed by atoms with E-state index in [9.17, 15) is 0 Å². The number of benzene rings is 10. The van der Waals surface area contributed by atoms with E-state index in [4.69, 9.17) is 0 Å². The van der Waals surface area contributed by atoms with Crippen molar-refractivity contribution >= 4 is 27.8 Å². The van der Waals surface area contributed by atoms with Crippen LogP contribution in [0.4, 0.5) is 17.1 Å². The van der Waals surface area contributed by atoms with Gasteiger partial charge in [-0.25, -0.2) is 0 Å². The van der Waals surface area contributed by atoms with Gasteiger partial charge in [-0.3, -0.25) is 0 Å². The van der Waals surface area contributed by atoms with E-state index in [1.54, 1.807) is 0 Å². The standard InChI is InChI=1S/C61H45N/c1-61(2)55-37-16-12-34-54(55)60-53(36-21-38-56(60)61)52-33-15-19-41-59(52)62(57-39-17-13-31-50(57)47-35-20-25-43-24-6-7-26-45(43)47)58-40-18-14-32-51(58)49-30-11-10-29-48(49)46-28-9-8-27-44(46)42-22-4-3-5-23-42/h3-41H,1-2H3. The third-order valence-electron chi connectivity index (χ3n) is 12.9. The molecule has 0 aliphatic heterocycles. The Bertz CT molecular complexity index is 3280. The van der Waals surface area contributed by atoms with E-state index in [1.807, 2.05) is 0 Å². The quantitative estimate of drug-likeness (QED) is 0.148. The van der Waals surface area contributed by atoms with E-state index in [0.717, 1.165) is 22.6 Å². The van der Waals surface area contributed by atoms with E-state index in [2.05, 4.69) is 255 Å². The molecule has 1 aliphatic rings. The third kappa shape index (κ3) is 6.16. The maximum Gasteiger partial charge on any atom is 0.0540 e. The minimum absolute atomic E-state index is 0.121. The number of fused-ring (bicyclic) bond motifs is 4. The van der Waals surface area contributed by atoms with Crippen molar-refractivity contribution in [1.29, 1.82) is 0 Å². The summed E-state index contributed by atoms with van der Waals surface area (Å²) < 4.78 is 0. The molecule has 1 aliphatic carbocycles. The summed E-state index contributed by atoms with van der Waals surface area (Å²) in [6.45, 7) is 4.73. The Balaban J connectivity index is 1.20. The minimum Gasteiger partial charge on any atom is -0.309 e. The fourth-order valence-electron chi connectivity index (χ4n) is 10.1. The molecular formula is C61H45N. The van der Waals surface area contributed by atoms with Gasteiger partial charge >= 0.3 is 0 Å². The highest BCUT2D eigenvalue weighted by atomic mass is 15.1. The maximum absolute atomic E-state index is 2.53. The minimum atomic E-state index is -0.121. The van der Waals surface area contributed by atoms with Crippen LogP contribution < -0.4 is 4.90 Å². The normalized spacial score (nSPS) is 12.5. The van der Waals surface area contributed by atoms with Crippen molar-refractivity contribution in [2.75, 3.05) is 4.90 Å². The number of rotatable bonds is 8. The van der Waals surface area contributed by atoms with Gasteiger partial charge < -0.3 is 4.90 Å². The number of hydrogen-bond donors (Lipinski definition) is 0. The first-order valence-electron chi connectivity index (χ1n) is 21.6. The molecule has 0 saturated carbocycles. The van der Waals surface area contributed by atoms with Gasteiger partial charge in [0.2, 0.25) is 0 Å². The largest absolute Gasteiger partial charge is 0.309 e. The summed E-state index contributed by atoms with van der Waals surface area (Å²) >= 11 is 0. The fraction of sp³-hybridized carbons (Fsp3) is 0.0492. The molecule has 0 N–H and O–H groups in total. The highest BCUT2D eigenvalue weighted by Crippen LogP contribution is 2.55. The zero-order chi connectivity index (χ0) is 41.6. The summed E-state index contributed by atoms with van der Waals surface area (Å²) in [5.74, 6) is 0. The van der Waals surface area contributed by atoms with Gasteiger partial charge in [0.05, 0.1) is 17.1 Å². The Morgan fingerprint density at radius 2 is 0.661 bits per heavy atom. The summed E-state index contributed by atoms with van der Waals surface area (Å²) in [4.78, 5) is 2.53. The van der Waals surface area contributed by atoms with E-state index < -0.39 is 0 Å². The Hall–Kier alpha value is -7.74. The number of nitrogens with zero attached hydrogens (tertiary/aromatic N) is 1. The van der Waals surface area contributed by atoms with Crippen molar-refractivity contribution in [1.82, 2.24) is 0 Å². The first-order valence-corrected chi connectivity index (χ1v) is 21.6. The monoisotopic (exact) mass is 791 g/mol. The first kappa shape index (κ1) is 37.3. The number of para-hydroxylation sites is 3. The second kappa shape index (κ2) is 15.4. The zero-order valence-corrected chi connectivity index (χ0v) is 35.0. The number of anilines is 3. The van der Waals surface area contributed by atoms with Gasteiger partial charge in [0.15, 0.2) is 0 Å². The van der Waals surface area contributed by atoms with Crippen LogP contribution in [-0.4, -0.2) is 0 Å². The average molecular weight is 792 g/mol. The molecule has 0 saturated heterocycles. The van der Waals surface area contributed by atoms with E-state index in [1.165, 1.54) is 83.1 Å². The molecule has 1 nitrogen and oxygen atoms in total. The molecule has 0 radical (unpaired) electrons. The Kier molecular flexibility index (Phi) is 9.24. The Morgan fingerprint density at radius 1 is 0.274 bits per heavy atom. The van der Waals surface area contributed by atoms with Crippen molar-refractivity contribution in [2.45, 2.75) is 19.3 Å². The van der Waals surface area contributed by atoms with Gasteiger partial charge in [-0.2, -0.15) is 0 Å². The molecule has 10 aromatic carbocycles. The van der Waals surface area contributed by atoms with E-state index >= 15 is 0 Å². The molecule has 10 aromatic rings. The van der Waals surface area contributed by atoms with Gasteiger partial charge in [0.25, 0.3) is 0 Å².